The Balaban J connectivity index is 1.99. The summed E-state index contributed by atoms with van der Waals surface area (Å²) in [7, 11) is 0. The van der Waals surface area contributed by atoms with Gasteiger partial charge in [-0.15, -0.1) is 5.10 Å². The highest BCUT2D eigenvalue weighted by Crippen LogP contribution is 2.17. The predicted octanol–water partition coefficient (Wildman–Crippen LogP) is 0.755. The molecule has 18 heavy (non-hydrogen) atoms. The zero-order valence-electron chi connectivity index (χ0n) is 10.6. The Morgan fingerprint density at radius 3 is 2.78 bits per heavy atom. The second-order valence-corrected chi connectivity index (χ2v) is 5.05. The number of carbonyl (C=O) groups is 1. The number of hydrogen-bond donors (Lipinski definition) is 3. The van der Waals surface area contributed by atoms with E-state index in [1.165, 1.54) is 0 Å². The third-order valence-electron chi connectivity index (χ3n) is 2.41. The van der Waals surface area contributed by atoms with Crippen LogP contribution in [-0.4, -0.2) is 31.3 Å². The largest absolute Gasteiger partial charge is 0.345 e. The van der Waals surface area contributed by atoms with Crippen LogP contribution in [0.1, 0.15) is 42.8 Å². The second kappa shape index (κ2) is 4.59. The molecule has 2 heterocycles. The summed E-state index contributed by atoms with van der Waals surface area (Å²) >= 11 is 0. The van der Waals surface area contributed by atoms with Crippen LogP contribution in [0.4, 0.5) is 0 Å². The molecule has 2 aromatic heterocycles. The van der Waals surface area contributed by atoms with Crippen LogP contribution in [0.2, 0.25) is 0 Å². The van der Waals surface area contributed by atoms with Crippen LogP contribution < -0.4 is 5.32 Å². The molecule has 0 atom stereocenters. The molecular formula is C11H16N6O. The summed E-state index contributed by atoms with van der Waals surface area (Å²) in [5.74, 6) is 0.544. The molecule has 7 heteroatoms. The van der Waals surface area contributed by atoms with Gasteiger partial charge in [0.1, 0.15) is 5.82 Å². The molecule has 0 radical (unpaired) electrons. The van der Waals surface area contributed by atoms with Crippen LogP contribution >= 0.6 is 0 Å². The van der Waals surface area contributed by atoms with Gasteiger partial charge < -0.3 is 5.32 Å². The van der Waals surface area contributed by atoms with Gasteiger partial charge in [0.05, 0.1) is 6.20 Å². The van der Waals surface area contributed by atoms with Gasteiger partial charge in [0.25, 0.3) is 5.91 Å². The first-order valence-electron chi connectivity index (χ1n) is 5.65. The van der Waals surface area contributed by atoms with Crippen molar-refractivity contribution in [3.63, 3.8) is 0 Å². The quantitative estimate of drug-likeness (QED) is 0.746. The molecule has 0 fully saturated rings. The Kier molecular flexibility index (Phi) is 3.14. The molecule has 0 unspecified atom stereocenters. The fourth-order valence-electron chi connectivity index (χ4n) is 1.33. The van der Waals surface area contributed by atoms with Crippen molar-refractivity contribution in [3.8, 4) is 0 Å². The highest BCUT2D eigenvalue weighted by molar-refractivity contribution is 5.90. The van der Waals surface area contributed by atoms with Gasteiger partial charge in [-0.3, -0.25) is 15.0 Å². The minimum Gasteiger partial charge on any atom is -0.345 e. The smallest absolute Gasteiger partial charge is 0.291 e. The Bertz CT molecular complexity index is 522. The summed E-state index contributed by atoms with van der Waals surface area (Å²) in [6.45, 7) is 6.40. The van der Waals surface area contributed by atoms with E-state index in [2.05, 4.69) is 30.7 Å². The number of hydrogen-bond acceptors (Lipinski definition) is 4. The average Bonchev–Trinajstić information content (AvgIpc) is 2.96. The van der Waals surface area contributed by atoms with Gasteiger partial charge in [-0.05, 0) is 0 Å². The summed E-state index contributed by atoms with van der Waals surface area (Å²) in [5, 5.41) is 15.9. The molecule has 0 saturated heterocycles. The molecule has 0 aliphatic rings. The summed E-state index contributed by atoms with van der Waals surface area (Å²) in [4.78, 5) is 16.0. The van der Waals surface area contributed by atoms with Crippen LogP contribution in [-0.2, 0) is 12.0 Å². The van der Waals surface area contributed by atoms with E-state index in [0.29, 0.717) is 12.4 Å². The molecule has 3 N–H and O–H groups in total. The van der Waals surface area contributed by atoms with Crippen LogP contribution in [0.25, 0.3) is 0 Å². The number of aromatic amines is 2. The highest BCUT2D eigenvalue weighted by Gasteiger charge is 2.21. The van der Waals surface area contributed by atoms with E-state index < -0.39 is 0 Å². The minimum absolute atomic E-state index is 0.156. The molecule has 96 valence electrons. The fraction of sp³-hybridized carbons (Fsp3) is 0.455. The van der Waals surface area contributed by atoms with Gasteiger partial charge in [0.15, 0.2) is 0 Å². The second-order valence-electron chi connectivity index (χ2n) is 5.05. The number of nitrogens with zero attached hydrogens (tertiary/aromatic N) is 3. The Labute approximate surface area is 104 Å². The van der Waals surface area contributed by atoms with Crippen molar-refractivity contribution in [3.05, 3.63) is 29.6 Å². The number of carbonyl (C=O) groups excluding carboxylic acids is 1. The number of amides is 1. The molecule has 0 spiro atoms. The third kappa shape index (κ3) is 2.73. The van der Waals surface area contributed by atoms with Crippen molar-refractivity contribution in [2.75, 3.05) is 0 Å². The van der Waals surface area contributed by atoms with Gasteiger partial charge in [0, 0.05) is 23.7 Å². The van der Waals surface area contributed by atoms with Crippen molar-refractivity contribution >= 4 is 5.91 Å². The first-order valence-corrected chi connectivity index (χ1v) is 5.65. The molecular weight excluding hydrogens is 232 g/mol. The molecule has 0 aliphatic heterocycles. The van der Waals surface area contributed by atoms with Gasteiger partial charge in [-0.1, -0.05) is 20.8 Å². The molecule has 0 aromatic carbocycles. The van der Waals surface area contributed by atoms with Crippen LogP contribution in [0, 0.1) is 0 Å². The maximum absolute atomic E-state index is 11.8. The molecule has 0 saturated carbocycles. The van der Waals surface area contributed by atoms with E-state index in [9.17, 15) is 4.79 Å². The molecule has 0 aliphatic carbocycles. The Morgan fingerprint density at radius 1 is 1.44 bits per heavy atom. The third-order valence-corrected chi connectivity index (χ3v) is 2.41. The van der Waals surface area contributed by atoms with Crippen molar-refractivity contribution in [2.24, 2.45) is 0 Å². The maximum Gasteiger partial charge on any atom is 0.291 e. The van der Waals surface area contributed by atoms with Gasteiger partial charge in [-0.25, -0.2) is 4.98 Å². The Hall–Kier alpha value is -2.18. The average molecular weight is 248 g/mol. The van der Waals surface area contributed by atoms with Crippen molar-refractivity contribution in [1.82, 2.24) is 30.7 Å². The lowest BCUT2D eigenvalue weighted by Gasteiger charge is -2.12. The summed E-state index contributed by atoms with van der Waals surface area (Å²) in [6, 6.07) is 0. The van der Waals surface area contributed by atoms with Crippen LogP contribution in [0.3, 0.4) is 0 Å². The molecule has 1 amide bonds. The minimum atomic E-state index is -0.303. The zero-order chi connectivity index (χ0) is 13.2. The summed E-state index contributed by atoms with van der Waals surface area (Å²) in [5.41, 5.74) is 0.741. The normalized spacial score (nSPS) is 11.5. The number of aromatic nitrogens is 5. The lowest BCUT2D eigenvalue weighted by Crippen LogP contribution is -2.24. The highest BCUT2D eigenvalue weighted by atomic mass is 16.2. The first kappa shape index (κ1) is 12.3. The van der Waals surface area contributed by atoms with E-state index in [4.69, 9.17) is 0 Å². The van der Waals surface area contributed by atoms with Crippen molar-refractivity contribution < 1.29 is 4.79 Å². The Morgan fingerprint density at radius 2 is 2.22 bits per heavy atom. The maximum atomic E-state index is 11.8. The monoisotopic (exact) mass is 248 g/mol. The molecule has 2 rings (SSSR count). The number of nitrogens with one attached hydrogen (secondary N) is 3. The lowest BCUT2D eigenvalue weighted by molar-refractivity contribution is 0.0941. The zero-order valence-corrected chi connectivity index (χ0v) is 10.6. The predicted molar refractivity (Wildman–Crippen MR) is 64.8 cm³/mol. The lowest BCUT2D eigenvalue weighted by atomic mass is 9.96. The van der Waals surface area contributed by atoms with E-state index >= 15 is 0 Å². The van der Waals surface area contributed by atoms with Crippen LogP contribution in [0.15, 0.2) is 12.4 Å². The number of rotatable bonds is 3. The van der Waals surface area contributed by atoms with Gasteiger partial charge >= 0.3 is 0 Å². The SMILES string of the molecule is CC(C)(C)c1nc(C(=O)NCc2cn[nH]c2)n[nH]1. The summed E-state index contributed by atoms with van der Waals surface area (Å²) < 4.78 is 0. The van der Waals surface area contributed by atoms with Crippen LogP contribution in [0.5, 0.6) is 0 Å². The van der Waals surface area contributed by atoms with Gasteiger partial charge in [0.2, 0.25) is 5.82 Å². The topological polar surface area (TPSA) is 99.3 Å². The van der Waals surface area contributed by atoms with E-state index in [1.54, 1.807) is 12.4 Å². The van der Waals surface area contributed by atoms with Crippen molar-refractivity contribution in [1.29, 1.82) is 0 Å². The molecule has 2 aromatic rings. The fourth-order valence-corrected chi connectivity index (χ4v) is 1.33. The van der Waals surface area contributed by atoms with E-state index in [1.807, 2.05) is 20.8 Å². The van der Waals surface area contributed by atoms with E-state index in [-0.39, 0.29) is 17.1 Å². The van der Waals surface area contributed by atoms with Gasteiger partial charge in [-0.2, -0.15) is 5.10 Å². The first-order chi connectivity index (χ1) is 8.47. The molecule has 7 nitrogen and oxygen atoms in total. The molecule has 0 bridgehead atoms. The number of H-pyrrole nitrogens is 2. The van der Waals surface area contributed by atoms with E-state index in [0.717, 1.165) is 5.56 Å². The van der Waals surface area contributed by atoms with Crippen molar-refractivity contribution in [2.45, 2.75) is 32.7 Å². The standard InChI is InChI=1S/C11H16N6O/c1-11(2,3)10-15-8(16-17-10)9(18)12-4-7-5-13-14-6-7/h5-6H,4H2,1-3H3,(H,12,18)(H,13,14)(H,15,16,17). The summed E-state index contributed by atoms with van der Waals surface area (Å²) in [6.07, 6.45) is 3.37.